The molecular weight excluding hydrogens is 292 g/mol. The molecular formula is C18H24N2OS. The van der Waals surface area contributed by atoms with Crippen molar-refractivity contribution in [2.45, 2.75) is 6.04 Å². The fourth-order valence-corrected chi connectivity index (χ4v) is 2.97. The van der Waals surface area contributed by atoms with E-state index in [2.05, 4.69) is 60.1 Å². The van der Waals surface area contributed by atoms with Crippen LogP contribution in [0.25, 0.3) is 0 Å². The number of hydrogen-bond acceptors (Lipinski definition) is 4. The van der Waals surface area contributed by atoms with Crippen LogP contribution in [0.3, 0.4) is 0 Å². The number of nitrogens with one attached hydrogen (secondary N) is 1. The molecule has 2 rings (SSSR count). The van der Waals surface area contributed by atoms with Gasteiger partial charge in [-0.1, -0.05) is 30.3 Å². The first-order valence-electron chi connectivity index (χ1n) is 7.47. The van der Waals surface area contributed by atoms with E-state index in [4.69, 9.17) is 5.11 Å². The predicted octanol–water partition coefficient (Wildman–Crippen LogP) is 3.63. The Hall–Kier alpha value is -1.65. The smallest absolute Gasteiger partial charge is 0.0606 e. The third-order valence-electron chi connectivity index (χ3n) is 3.62. The number of likely N-dealkylation sites (N-methyl/N-ethyl adjacent to an activating group) is 1. The lowest BCUT2D eigenvalue weighted by atomic mass is 10.1. The van der Waals surface area contributed by atoms with E-state index in [-0.39, 0.29) is 6.61 Å². The Morgan fingerprint density at radius 2 is 1.77 bits per heavy atom. The number of rotatable bonds is 8. The minimum Gasteiger partial charge on any atom is -0.395 e. The van der Waals surface area contributed by atoms with Gasteiger partial charge < -0.3 is 15.3 Å². The molecule has 0 aliphatic rings. The van der Waals surface area contributed by atoms with Crippen LogP contribution in [0.5, 0.6) is 0 Å². The highest BCUT2D eigenvalue weighted by Crippen LogP contribution is 2.24. The fourth-order valence-electron chi connectivity index (χ4n) is 2.37. The lowest BCUT2D eigenvalue weighted by Gasteiger charge is -2.21. The van der Waals surface area contributed by atoms with E-state index in [1.54, 1.807) is 0 Å². The molecule has 2 N–H and O–H groups in total. The van der Waals surface area contributed by atoms with Crippen LogP contribution < -0.4 is 10.2 Å². The quantitative estimate of drug-likeness (QED) is 0.779. The minimum atomic E-state index is 0.167. The average molecular weight is 316 g/mol. The highest BCUT2D eigenvalue weighted by atomic mass is 32.2. The van der Waals surface area contributed by atoms with Crippen molar-refractivity contribution >= 4 is 23.1 Å². The SMILES string of the molecule is CSCC(Nc1ccc(N(C)CCO)cc1)c1ccccc1. The molecule has 1 atom stereocenters. The van der Waals surface area contributed by atoms with Gasteiger partial charge in [-0.25, -0.2) is 0 Å². The molecule has 2 aromatic carbocycles. The molecule has 0 heterocycles. The molecule has 0 saturated carbocycles. The first-order valence-corrected chi connectivity index (χ1v) is 8.86. The average Bonchev–Trinajstić information content (AvgIpc) is 2.56. The van der Waals surface area contributed by atoms with Crippen LogP contribution in [0.4, 0.5) is 11.4 Å². The van der Waals surface area contributed by atoms with E-state index >= 15 is 0 Å². The number of benzene rings is 2. The van der Waals surface area contributed by atoms with Gasteiger partial charge in [-0.2, -0.15) is 11.8 Å². The van der Waals surface area contributed by atoms with Gasteiger partial charge in [0, 0.05) is 30.7 Å². The summed E-state index contributed by atoms with van der Waals surface area (Å²) in [5.74, 6) is 1.02. The zero-order valence-electron chi connectivity index (χ0n) is 13.2. The number of aliphatic hydroxyl groups excluding tert-OH is 1. The summed E-state index contributed by atoms with van der Waals surface area (Å²) in [6.07, 6.45) is 2.13. The molecule has 0 fully saturated rings. The summed E-state index contributed by atoms with van der Waals surface area (Å²) in [5.41, 5.74) is 3.53. The molecule has 1 unspecified atom stereocenters. The number of thioether (sulfide) groups is 1. The van der Waals surface area contributed by atoms with E-state index < -0.39 is 0 Å². The molecule has 0 amide bonds. The Morgan fingerprint density at radius 3 is 2.36 bits per heavy atom. The zero-order chi connectivity index (χ0) is 15.8. The molecule has 0 radical (unpaired) electrons. The predicted molar refractivity (Wildman–Crippen MR) is 98.0 cm³/mol. The largest absolute Gasteiger partial charge is 0.395 e. The van der Waals surface area contributed by atoms with E-state index in [0.29, 0.717) is 12.6 Å². The maximum absolute atomic E-state index is 9.00. The lowest BCUT2D eigenvalue weighted by molar-refractivity contribution is 0.304. The van der Waals surface area contributed by atoms with Crippen molar-refractivity contribution in [1.29, 1.82) is 0 Å². The number of nitrogens with zero attached hydrogens (tertiary/aromatic N) is 1. The molecule has 118 valence electrons. The first kappa shape index (κ1) is 16.7. The van der Waals surface area contributed by atoms with Gasteiger partial charge in [-0.05, 0) is 36.1 Å². The van der Waals surface area contributed by atoms with Crippen LogP contribution in [0.2, 0.25) is 0 Å². The van der Waals surface area contributed by atoms with Gasteiger partial charge in [-0.15, -0.1) is 0 Å². The van der Waals surface area contributed by atoms with Crippen molar-refractivity contribution in [3.8, 4) is 0 Å². The van der Waals surface area contributed by atoms with Crippen LogP contribution in [-0.2, 0) is 0 Å². The third kappa shape index (κ3) is 4.68. The molecule has 3 nitrogen and oxygen atoms in total. The summed E-state index contributed by atoms with van der Waals surface area (Å²) in [6, 6.07) is 19.2. The van der Waals surface area contributed by atoms with Crippen LogP contribution in [0, 0.1) is 0 Å². The molecule has 2 aromatic rings. The summed E-state index contributed by atoms with van der Waals surface area (Å²) >= 11 is 1.84. The molecule has 0 saturated heterocycles. The van der Waals surface area contributed by atoms with Crippen molar-refractivity contribution in [2.75, 3.05) is 42.4 Å². The minimum absolute atomic E-state index is 0.167. The zero-order valence-corrected chi connectivity index (χ0v) is 14.0. The highest BCUT2D eigenvalue weighted by Gasteiger charge is 2.10. The number of hydrogen-bond donors (Lipinski definition) is 2. The fraction of sp³-hybridized carbons (Fsp3) is 0.333. The van der Waals surface area contributed by atoms with E-state index in [0.717, 1.165) is 17.1 Å². The summed E-state index contributed by atoms with van der Waals surface area (Å²) < 4.78 is 0. The normalized spacial score (nSPS) is 12.0. The van der Waals surface area contributed by atoms with Gasteiger partial charge in [0.1, 0.15) is 0 Å². The van der Waals surface area contributed by atoms with E-state index in [1.807, 2.05) is 29.8 Å². The Labute approximate surface area is 137 Å². The van der Waals surface area contributed by atoms with Gasteiger partial charge in [-0.3, -0.25) is 0 Å². The standard InChI is InChI=1S/C18H24N2OS/c1-20(12-13-21)17-10-8-16(9-11-17)19-18(14-22-2)15-6-4-3-5-7-15/h3-11,18-19,21H,12-14H2,1-2H3. The molecule has 0 aliphatic heterocycles. The second-order valence-electron chi connectivity index (χ2n) is 5.25. The lowest BCUT2D eigenvalue weighted by Crippen LogP contribution is -2.21. The first-order chi connectivity index (χ1) is 10.7. The summed E-state index contributed by atoms with van der Waals surface area (Å²) in [6.45, 7) is 0.812. The summed E-state index contributed by atoms with van der Waals surface area (Å²) in [5, 5.41) is 12.6. The van der Waals surface area contributed by atoms with Crippen molar-refractivity contribution in [3.05, 3.63) is 60.2 Å². The Bertz CT molecular complexity index is 545. The second kappa shape index (κ2) is 8.71. The van der Waals surface area contributed by atoms with E-state index in [9.17, 15) is 0 Å². The van der Waals surface area contributed by atoms with Crippen LogP contribution >= 0.6 is 11.8 Å². The van der Waals surface area contributed by atoms with Gasteiger partial charge >= 0.3 is 0 Å². The topological polar surface area (TPSA) is 35.5 Å². The van der Waals surface area contributed by atoms with Crippen molar-refractivity contribution in [3.63, 3.8) is 0 Å². The maximum Gasteiger partial charge on any atom is 0.0606 e. The Balaban J connectivity index is 2.07. The van der Waals surface area contributed by atoms with Crippen LogP contribution in [-0.4, -0.2) is 37.3 Å². The third-order valence-corrected chi connectivity index (χ3v) is 4.29. The molecule has 22 heavy (non-hydrogen) atoms. The summed E-state index contributed by atoms with van der Waals surface area (Å²) in [7, 11) is 1.99. The Kier molecular flexibility index (Phi) is 6.62. The van der Waals surface area contributed by atoms with Gasteiger partial charge in [0.15, 0.2) is 0 Å². The number of anilines is 2. The van der Waals surface area contributed by atoms with Gasteiger partial charge in [0.2, 0.25) is 0 Å². The van der Waals surface area contributed by atoms with Crippen LogP contribution in [0.15, 0.2) is 54.6 Å². The van der Waals surface area contributed by atoms with Gasteiger partial charge in [0.25, 0.3) is 0 Å². The van der Waals surface area contributed by atoms with E-state index in [1.165, 1.54) is 5.56 Å². The van der Waals surface area contributed by atoms with Crippen molar-refractivity contribution in [1.82, 2.24) is 0 Å². The second-order valence-corrected chi connectivity index (χ2v) is 6.17. The van der Waals surface area contributed by atoms with Crippen LogP contribution in [0.1, 0.15) is 11.6 Å². The monoisotopic (exact) mass is 316 g/mol. The Morgan fingerprint density at radius 1 is 1.09 bits per heavy atom. The maximum atomic E-state index is 9.00. The molecule has 0 spiro atoms. The molecule has 0 bridgehead atoms. The number of aliphatic hydroxyl groups is 1. The molecule has 0 aromatic heterocycles. The molecule has 4 heteroatoms. The van der Waals surface area contributed by atoms with Crippen molar-refractivity contribution in [2.24, 2.45) is 0 Å². The van der Waals surface area contributed by atoms with Gasteiger partial charge in [0.05, 0.1) is 12.6 Å². The van der Waals surface area contributed by atoms with Crippen molar-refractivity contribution < 1.29 is 5.11 Å². The highest BCUT2D eigenvalue weighted by molar-refractivity contribution is 7.98. The molecule has 0 aliphatic carbocycles. The summed E-state index contributed by atoms with van der Waals surface area (Å²) in [4.78, 5) is 2.04.